The first kappa shape index (κ1) is 18.4. The van der Waals surface area contributed by atoms with Gasteiger partial charge in [-0.2, -0.15) is 0 Å². The molecule has 6 rings (SSSR count). The molecule has 2 heterocycles. The maximum absolute atomic E-state index is 12.3. The molecule has 154 valence electrons. The SMILES string of the molecule is O=C1C=CC2=N[C@]34CCCC[C@H]3[C@@H](c3ccccc3)C=C(c3ccc(O)cc3)N4C2=C1. The van der Waals surface area contributed by atoms with Crippen molar-refractivity contribution in [2.45, 2.75) is 37.3 Å². The van der Waals surface area contributed by atoms with Crippen LogP contribution >= 0.6 is 0 Å². The van der Waals surface area contributed by atoms with E-state index in [-0.39, 0.29) is 23.1 Å². The molecule has 0 saturated heterocycles. The van der Waals surface area contributed by atoms with E-state index >= 15 is 0 Å². The van der Waals surface area contributed by atoms with Gasteiger partial charge in [0, 0.05) is 23.6 Å². The number of phenolic OH excluding ortho intramolecular Hbond substituents is 1. The van der Waals surface area contributed by atoms with E-state index in [1.165, 1.54) is 12.0 Å². The molecule has 2 aromatic rings. The van der Waals surface area contributed by atoms with Crippen LogP contribution in [0.5, 0.6) is 5.75 Å². The summed E-state index contributed by atoms with van der Waals surface area (Å²) in [6.07, 6.45) is 12.0. The smallest absolute Gasteiger partial charge is 0.180 e. The summed E-state index contributed by atoms with van der Waals surface area (Å²) in [7, 11) is 0. The molecule has 2 aliphatic heterocycles. The van der Waals surface area contributed by atoms with Crippen LogP contribution in [-0.4, -0.2) is 27.2 Å². The third-order valence-electron chi connectivity index (χ3n) is 7.15. The molecule has 31 heavy (non-hydrogen) atoms. The van der Waals surface area contributed by atoms with E-state index in [0.29, 0.717) is 5.92 Å². The fraction of sp³-hybridized carbons (Fsp3) is 0.259. The number of aromatic hydroxyl groups is 1. The van der Waals surface area contributed by atoms with Gasteiger partial charge in [-0.1, -0.05) is 42.8 Å². The Morgan fingerprint density at radius 3 is 2.58 bits per heavy atom. The Morgan fingerprint density at radius 2 is 1.77 bits per heavy atom. The monoisotopic (exact) mass is 408 g/mol. The average Bonchev–Trinajstić information content (AvgIpc) is 3.12. The molecule has 1 N–H and O–H groups in total. The molecule has 4 aliphatic rings. The van der Waals surface area contributed by atoms with E-state index in [2.05, 4.69) is 41.3 Å². The molecule has 0 radical (unpaired) electrons. The number of rotatable bonds is 2. The number of hydrogen-bond donors (Lipinski definition) is 1. The Labute approximate surface area is 181 Å². The van der Waals surface area contributed by atoms with Crippen molar-refractivity contribution in [1.82, 2.24) is 4.90 Å². The second-order valence-electron chi connectivity index (χ2n) is 8.86. The van der Waals surface area contributed by atoms with E-state index in [4.69, 9.17) is 4.99 Å². The standard InChI is InChI=1S/C27H24N2O2/c30-20-11-9-19(10-12-20)25-17-22(18-6-2-1-3-7-18)23-8-4-5-15-27(23)28-24-14-13-21(31)16-26(24)29(25)27/h1-3,6-7,9-14,16-17,22-23,30H,4-5,8,15H2/t22-,23+,27+/m1/s1. The van der Waals surface area contributed by atoms with Gasteiger partial charge in [0.05, 0.1) is 11.4 Å². The maximum atomic E-state index is 12.3. The van der Waals surface area contributed by atoms with Crippen molar-refractivity contribution in [3.8, 4) is 5.75 Å². The average molecular weight is 409 g/mol. The predicted molar refractivity (Wildman–Crippen MR) is 121 cm³/mol. The number of fused-ring (bicyclic) bond motifs is 2. The van der Waals surface area contributed by atoms with Crippen molar-refractivity contribution in [1.29, 1.82) is 0 Å². The number of phenols is 1. The summed E-state index contributed by atoms with van der Waals surface area (Å²) < 4.78 is 0. The van der Waals surface area contributed by atoms with Crippen LogP contribution in [-0.2, 0) is 4.79 Å². The first-order valence-electron chi connectivity index (χ1n) is 11.1. The van der Waals surface area contributed by atoms with Crippen molar-refractivity contribution >= 4 is 17.2 Å². The van der Waals surface area contributed by atoms with E-state index in [1.807, 2.05) is 18.2 Å². The highest BCUT2D eigenvalue weighted by Gasteiger charge is 2.56. The molecule has 1 fully saturated rings. The van der Waals surface area contributed by atoms with Crippen LogP contribution in [0, 0.1) is 5.92 Å². The second-order valence-corrected chi connectivity index (χ2v) is 8.86. The molecule has 0 unspecified atom stereocenters. The van der Waals surface area contributed by atoms with Crippen LogP contribution in [0.4, 0.5) is 0 Å². The van der Waals surface area contributed by atoms with Crippen molar-refractivity contribution in [2.75, 3.05) is 0 Å². The fourth-order valence-corrected chi connectivity index (χ4v) is 5.85. The van der Waals surface area contributed by atoms with Gasteiger partial charge >= 0.3 is 0 Å². The summed E-state index contributed by atoms with van der Waals surface area (Å²) in [5.41, 5.74) is 4.84. The van der Waals surface area contributed by atoms with Crippen LogP contribution < -0.4 is 0 Å². The zero-order valence-electron chi connectivity index (χ0n) is 17.2. The first-order valence-corrected chi connectivity index (χ1v) is 11.1. The maximum Gasteiger partial charge on any atom is 0.180 e. The Morgan fingerprint density at radius 1 is 0.968 bits per heavy atom. The van der Waals surface area contributed by atoms with E-state index in [0.717, 1.165) is 41.9 Å². The summed E-state index contributed by atoms with van der Waals surface area (Å²) >= 11 is 0. The zero-order valence-corrected chi connectivity index (χ0v) is 17.2. The number of carbonyl (C=O) groups is 1. The van der Waals surface area contributed by atoms with Crippen molar-refractivity contribution in [3.05, 3.63) is 95.7 Å². The lowest BCUT2D eigenvalue weighted by molar-refractivity contribution is -0.110. The number of carbonyl (C=O) groups excluding carboxylic acids is 1. The fourth-order valence-electron chi connectivity index (χ4n) is 5.85. The Hall–Kier alpha value is -3.40. The summed E-state index contributed by atoms with van der Waals surface area (Å²) in [5.74, 6) is 0.838. The molecule has 2 aliphatic carbocycles. The van der Waals surface area contributed by atoms with Crippen molar-refractivity contribution < 1.29 is 9.90 Å². The second kappa shape index (κ2) is 6.81. The lowest BCUT2D eigenvalue weighted by Crippen LogP contribution is -2.54. The van der Waals surface area contributed by atoms with Crippen LogP contribution in [0.25, 0.3) is 5.70 Å². The van der Waals surface area contributed by atoms with Crippen LogP contribution in [0.1, 0.15) is 42.7 Å². The third-order valence-corrected chi connectivity index (χ3v) is 7.15. The van der Waals surface area contributed by atoms with Crippen molar-refractivity contribution in [3.63, 3.8) is 0 Å². The minimum Gasteiger partial charge on any atom is -0.508 e. The largest absolute Gasteiger partial charge is 0.508 e. The molecule has 4 nitrogen and oxygen atoms in total. The van der Waals surface area contributed by atoms with Gasteiger partial charge in [0.2, 0.25) is 0 Å². The van der Waals surface area contributed by atoms with Gasteiger partial charge < -0.3 is 10.0 Å². The summed E-state index contributed by atoms with van der Waals surface area (Å²) in [6.45, 7) is 0. The lowest BCUT2D eigenvalue weighted by atomic mass is 9.66. The van der Waals surface area contributed by atoms with Gasteiger partial charge in [0.1, 0.15) is 11.4 Å². The van der Waals surface area contributed by atoms with Crippen LogP contribution in [0.2, 0.25) is 0 Å². The molecular weight excluding hydrogens is 384 g/mol. The van der Waals surface area contributed by atoms with Gasteiger partial charge in [-0.25, -0.2) is 0 Å². The quantitative estimate of drug-likeness (QED) is 0.695. The molecule has 0 bridgehead atoms. The molecule has 0 aromatic heterocycles. The van der Waals surface area contributed by atoms with Gasteiger partial charge in [-0.15, -0.1) is 0 Å². The van der Waals surface area contributed by atoms with Crippen molar-refractivity contribution in [2.24, 2.45) is 10.9 Å². The van der Waals surface area contributed by atoms with E-state index < -0.39 is 0 Å². The normalized spacial score (nSPS) is 28.8. The lowest BCUT2D eigenvalue weighted by Gasteiger charge is -2.53. The van der Waals surface area contributed by atoms with E-state index in [9.17, 15) is 9.90 Å². The van der Waals surface area contributed by atoms with Crippen LogP contribution in [0.3, 0.4) is 0 Å². The Kier molecular flexibility index (Phi) is 4.04. The summed E-state index contributed by atoms with van der Waals surface area (Å²) in [5, 5.41) is 9.86. The van der Waals surface area contributed by atoms with Crippen LogP contribution in [0.15, 0.2) is 89.6 Å². The molecule has 3 atom stereocenters. The molecule has 1 saturated carbocycles. The van der Waals surface area contributed by atoms with Gasteiger partial charge in [0.25, 0.3) is 0 Å². The number of benzene rings is 2. The molecule has 2 aromatic carbocycles. The molecule has 4 heteroatoms. The van der Waals surface area contributed by atoms with Gasteiger partial charge in [-0.3, -0.25) is 9.79 Å². The number of aliphatic imine (C=N–C) groups is 1. The van der Waals surface area contributed by atoms with Gasteiger partial charge in [-0.05, 0) is 66.8 Å². The molecule has 0 amide bonds. The topological polar surface area (TPSA) is 52.9 Å². The molecular formula is C27H24N2O2. The highest BCUT2D eigenvalue weighted by atomic mass is 16.3. The number of nitrogens with zero attached hydrogens (tertiary/aromatic N) is 2. The number of hydrogen-bond acceptors (Lipinski definition) is 4. The van der Waals surface area contributed by atoms with Gasteiger partial charge in [0.15, 0.2) is 5.78 Å². The number of ketones is 1. The minimum atomic E-state index is -0.378. The highest BCUT2D eigenvalue weighted by molar-refractivity contribution is 6.21. The zero-order chi connectivity index (χ0) is 21.0. The first-order chi connectivity index (χ1) is 15.2. The van der Waals surface area contributed by atoms with E-state index in [1.54, 1.807) is 24.3 Å². The number of allylic oxidation sites excluding steroid dienone is 4. The molecule has 1 spiro atoms. The minimum absolute atomic E-state index is 0.00796. The Bertz CT molecular complexity index is 1170. The summed E-state index contributed by atoms with van der Waals surface area (Å²) in [6, 6.07) is 18.1. The highest BCUT2D eigenvalue weighted by Crippen LogP contribution is 2.57. The third kappa shape index (κ3) is 2.74. The summed E-state index contributed by atoms with van der Waals surface area (Å²) in [4.78, 5) is 20.0. The Balaban J connectivity index is 1.61. The predicted octanol–water partition coefficient (Wildman–Crippen LogP) is 5.20.